The molecule has 0 aliphatic rings. The molecule has 25 heavy (non-hydrogen) atoms. The second-order valence-corrected chi connectivity index (χ2v) is 6.60. The van der Waals surface area contributed by atoms with Crippen LogP contribution in [0.15, 0.2) is 42.7 Å². The van der Waals surface area contributed by atoms with Crippen LogP contribution in [0.2, 0.25) is 0 Å². The maximum absolute atomic E-state index is 10.8. The van der Waals surface area contributed by atoms with Crippen LogP contribution in [0.5, 0.6) is 0 Å². The monoisotopic (exact) mass is 342 g/mol. The van der Waals surface area contributed by atoms with Crippen molar-refractivity contribution in [3.63, 3.8) is 0 Å². The van der Waals surface area contributed by atoms with E-state index in [1.54, 1.807) is 0 Å². The molecule has 0 spiro atoms. The Morgan fingerprint density at radius 2 is 1.84 bits per heavy atom. The third-order valence-corrected chi connectivity index (χ3v) is 3.94. The number of carbonyl (C=O) groups is 1. The van der Waals surface area contributed by atoms with E-state index in [1.165, 1.54) is 18.0 Å². The van der Waals surface area contributed by atoms with Gasteiger partial charge in [-0.25, -0.2) is 14.8 Å². The van der Waals surface area contributed by atoms with Gasteiger partial charge in [-0.3, -0.25) is 0 Å². The Bertz CT molecular complexity index is 659. The van der Waals surface area contributed by atoms with Gasteiger partial charge in [-0.2, -0.15) is 0 Å². The van der Waals surface area contributed by atoms with E-state index < -0.39 is 5.97 Å². The van der Waals surface area contributed by atoms with Crippen molar-refractivity contribution in [3.05, 3.63) is 54.0 Å². The zero-order valence-corrected chi connectivity index (χ0v) is 14.9. The van der Waals surface area contributed by atoms with Crippen LogP contribution >= 0.6 is 0 Å². The van der Waals surface area contributed by atoms with E-state index in [4.69, 9.17) is 5.11 Å². The standard InChI is InChI=1S/C19H26N4O2/c1-13(2)9-16(23-14(3)15-7-5-4-6-8-15)10-21-18-12-20-17(11-22-18)19(24)25/h4-8,11-14,16,23H,9-10H2,1-3H3,(H,21,22)(H,24,25). The Morgan fingerprint density at radius 1 is 1.12 bits per heavy atom. The lowest BCUT2D eigenvalue weighted by atomic mass is 10.0. The van der Waals surface area contributed by atoms with Crippen LogP contribution in [0.1, 0.15) is 49.3 Å². The quantitative estimate of drug-likeness (QED) is 0.648. The summed E-state index contributed by atoms with van der Waals surface area (Å²) < 4.78 is 0. The van der Waals surface area contributed by atoms with Gasteiger partial charge in [0.25, 0.3) is 0 Å². The first-order chi connectivity index (χ1) is 12.0. The molecule has 2 unspecified atom stereocenters. The molecule has 1 heterocycles. The molecule has 0 saturated carbocycles. The van der Waals surface area contributed by atoms with E-state index in [0.717, 1.165) is 6.42 Å². The molecule has 1 aromatic heterocycles. The van der Waals surface area contributed by atoms with Crippen molar-refractivity contribution in [3.8, 4) is 0 Å². The molecule has 134 valence electrons. The summed E-state index contributed by atoms with van der Waals surface area (Å²) in [6.45, 7) is 7.24. The van der Waals surface area contributed by atoms with Gasteiger partial charge in [-0.15, -0.1) is 0 Å². The summed E-state index contributed by atoms with van der Waals surface area (Å²) in [4.78, 5) is 18.8. The Balaban J connectivity index is 1.96. The van der Waals surface area contributed by atoms with E-state index in [-0.39, 0.29) is 17.8 Å². The highest BCUT2D eigenvalue weighted by Crippen LogP contribution is 2.15. The zero-order chi connectivity index (χ0) is 18.2. The summed E-state index contributed by atoms with van der Waals surface area (Å²) in [6, 6.07) is 10.8. The molecule has 0 bridgehead atoms. The van der Waals surface area contributed by atoms with Crippen LogP contribution in [-0.2, 0) is 0 Å². The second kappa shape index (κ2) is 9.13. The molecule has 0 fully saturated rings. The van der Waals surface area contributed by atoms with Gasteiger partial charge < -0.3 is 15.7 Å². The van der Waals surface area contributed by atoms with Gasteiger partial charge in [-0.1, -0.05) is 44.2 Å². The summed E-state index contributed by atoms with van der Waals surface area (Å²) in [7, 11) is 0. The third kappa shape index (κ3) is 6.15. The molecule has 0 saturated heterocycles. The fourth-order valence-electron chi connectivity index (χ4n) is 2.73. The fraction of sp³-hybridized carbons (Fsp3) is 0.421. The molecule has 0 aliphatic heterocycles. The SMILES string of the molecule is CC(C)CC(CNc1cnc(C(=O)O)cn1)NC(C)c1ccccc1. The lowest BCUT2D eigenvalue weighted by molar-refractivity contribution is 0.0690. The number of hydrogen-bond acceptors (Lipinski definition) is 5. The highest BCUT2D eigenvalue weighted by atomic mass is 16.4. The molecule has 2 aromatic rings. The van der Waals surface area contributed by atoms with E-state index in [2.05, 4.69) is 53.5 Å². The first kappa shape index (κ1) is 18.9. The minimum absolute atomic E-state index is 0.0555. The van der Waals surface area contributed by atoms with Gasteiger partial charge >= 0.3 is 5.97 Å². The van der Waals surface area contributed by atoms with E-state index >= 15 is 0 Å². The number of rotatable bonds is 9. The van der Waals surface area contributed by atoms with Gasteiger partial charge in [0.2, 0.25) is 0 Å². The number of hydrogen-bond donors (Lipinski definition) is 3. The van der Waals surface area contributed by atoms with Crippen molar-refractivity contribution < 1.29 is 9.90 Å². The maximum Gasteiger partial charge on any atom is 0.356 e. The summed E-state index contributed by atoms with van der Waals surface area (Å²) in [6.07, 6.45) is 3.74. The molecular formula is C19H26N4O2. The molecule has 0 amide bonds. The number of benzene rings is 1. The van der Waals surface area contributed by atoms with Crippen molar-refractivity contribution in [2.75, 3.05) is 11.9 Å². The molecule has 3 N–H and O–H groups in total. The highest BCUT2D eigenvalue weighted by molar-refractivity contribution is 5.84. The summed E-state index contributed by atoms with van der Waals surface area (Å²) in [5, 5.41) is 15.8. The van der Waals surface area contributed by atoms with Crippen LogP contribution in [0.4, 0.5) is 5.82 Å². The predicted molar refractivity (Wildman–Crippen MR) is 98.7 cm³/mol. The van der Waals surface area contributed by atoms with Crippen LogP contribution in [-0.4, -0.2) is 33.6 Å². The van der Waals surface area contributed by atoms with Gasteiger partial charge in [0.1, 0.15) is 5.82 Å². The average Bonchev–Trinajstić information content (AvgIpc) is 2.60. The Kier molecular flexibility index (Phi) is 6.89. The van der Waals surface area contributed by atoms with Crippen molar-refractivity contribution in [2.24, 2.45) is 5.92 Å². The van der Waals surface area contributed by atoms with Crippen molar-refractivity contribution in [2.45, 2.75) is 39.3 Å². The van der Waals surface area contributed by atoms with Crippen molar-refractivity contribution in [1.82, 2.24) is 15.3 Å². The molecule has 2 rings (SSSR count). The van der Waals surface area contributed by atoms with Gasteiger partial charge in [0.05, 0.1) is 12.4 Å². The van der Waals surface area contributed by atoms with Crippen LogP contribution in [0, 0.1) is 5.92 Å². The van der Waals surface area contributed by atoms with E-state index in [9.17, 15) is 4.79 Å². The number of aromatic carboxylic acids is 1. The first-order valence-corrected chi connectivity index (χ1v) is 8.56. The number of carboxylic acid groups (broad SMARTS) is 1. The number of carboxylic acids is 1. The molecule has 2 atom stereocenters. The zero-order valence-electron chi connectivity index (χ0n) is 14.9. The molecule has 6 nitrogen and oxygen atoms in total. The van der Waals surface area contributed by atoms with Crippen molar-refractivity contribution in [1.29, 1.82) is 0 Å². The van der Waals surface area contributed by atoms with Gasteiger partial charge in [-0.05, 0) is 24.8 Å². The summed E-state index contributed by atoms with van der Waals surface area (Å²) in [5.74, 6) is 0.0609. The second-order valence-electron chi connectivity index (χ2n) is 6.60. The van der Waals surface area contributed by atoms with Crippen LogP contribution in [0.3, 0.4) is 0 Å². The summed E-state index contributed by atoms with van der Waals surface area (Å²) in [5.41, 5.74) is 1.20. The fourth-order valence-corrected chi connectivity index (χ4v) is 2.73. The van der Waals surface area contributed by atoms with Gasteiger partial charge in [0, 0.05) is 18.6 Å². The summed E-state index contributed by atoms with van der Waals surface area (Å²) >= 11 is 0. The lowest BCUT2D eigenvalue weighted by Gasteiger charge is -2.25. The van der Waals surface area contributed by atoms with Gasteiger partial charge in [0.15, 0.2) is 5.69 Å². The number of aromatic nitrogens is 2. The molecule has 0 aliphatic carbocycles. The minimum Gasteiger partial charge on any atom is -0.476 e. The first-order valence-electron chi connectivity index (χ1n) is 8.56. The van der Waals surface area contributed by atoms with Crippen molar-refractivity contribution >= 4 is 11.8 Å². The number of nitrogens with zero attached hydrogens (tertiary/aromatic N) is 2. The smallest absolute Gasteiger partial charge is 0.356 e. The Morgan fingerprint density at radius 3 is 2.40 bits per heavy atom. The average molecular weight is 342 g/mol. The van der Waals surface area contributed by atoms with E-state index in [0.29, 0.717) is 18.3 Å². The maximum atomic E-state index is 10.8. The molecule has 6 heteroatoms. The predicted octanol–water partition coefficient (Wildman–Crippen LogP) is 3.35. The topological polar surface area (TPSA) is 87.1 Å². The highest BCUT2D eigenvalue weighted by Gasteiger charge is 2.15. The Labute approximate surface area is 148 Å². The molecule has 0 radical (unpaired) electrons. The Hall–Kier alpha value is -2.47. The largest absolute Gasteiger partial charge is 0.476 e. The normalized spacial score (nSPS) is 13.4. The van der Waals surface area contributed by atoms with Crippen LogP contribution < -0.4 is 10.6 Å². The van der Waals surface area contributed by atoms with E-state index in [1.807, 2.05) is 18.2 Å². The molecular weight excluding hydrogens is 316 g/mol. The number of nitrogens with one attached hydrogen (secondary N) is 2. The molecule has 1 aromatic carbocycles. The minimum atomic E-state index is -1.07. The third-order valence-electron chi connectivity index (χ3n) is 3.94. The van der Waals surface area contributed by atoms with Crippen LogP contribution in [0.25, 0.3) is 0 Å². The lowest BCUT2D eigenvalue weighted by Crippen LogP contribution is -2.38. The number of anilines is 1.